The van der Waals surface area contributed by atoms with Gasteiger partial charge in [0.25, 0.3) is 0 Å². The van der Waals surface area contributed by atoms with Crippen LogP contribution in [0.1, 0.15) is 31.2 Å². The summed E-state index contributed by atoms with van der Waals surface area (Å²) in [5, 5.41) is 8.79. The Hall–Kier alpha value is -2.39. The van der Waals surface area contributed by atoms with Crippen molar-refractivity contribution >= 4 is 23.4 Å². The minimum atomic E-state index is -0.418. The summed E-state index contributed by atoms with van der Waals surface area (Å²) in [4.78, 5) is 28.5. The van der Waals surface area contributed by atoms with Crippen LogP contribution in [0.25, 0.3) is 0 Å². The van der Waals surface area contributed by atoms with Crippen molar-refractivity contribution in [3.63, 3.8) is 0 Å². The van der Waals surface area contributed by atoms with Crippen LogP contribution >= 0.6 is 11.6 Å². The van der Waals surface area contributed by atoms with E-state index in [4.69, 9.17) is 18.0 Å². The molecule has 0 radical (unpaired) electrons. The molecule has 7 heteroatoms. The highest BCUT2D eigenvalue weighted by Crippen LogP contribution is 2.37. The van der Waals surface area contributed by atoms with Crippen molar-refractivity contribution in [1.29, 1.82) is 0 Å². The molecule has 2 aliphatic rings. The predicted octanol–water partition coefficient (Wildman–Crippen LogP) is 2.91. The van der Waals surface area contributed by atoms with E-state index in [1.807, 2.05) is 21.9 Å². The maximum absolute atomic E-state index is 12.4. The van der Waals surface area contributed by atoms with E-state index in [9.17, 15) is 9.59 Å². The molecule has 6 nitrogen and oxygen atoms in total. The topological polar surface area (TPSA) is 65.3 Å². The molecule has 2 aliphatic heterocycles. The number of hydrogen-bond donors (Lipinski definition) is 0. The summed E-state index contributed by atoms with van der Waals surface area (Å²) in [6.07, 6.45) is 8.00. The van der Waals surface area contributed by atoms with E-state index >= 15 is 0 Å². The number of halogens is 1. The van der Waals surface area contributed by atoms with Crippen LogP contribution in [0.5, 0.6) is 0 Å². The van der Waals surface area contributed by atoms with Crippen molar-refractivity contribution in [3.05, 3.63) is 34.9 Å². The molecule has 0 spiro atoms. The average molecular weight is 387 g/mol. The van der Waals surface area contributed by atoms with Gasteiger partial charge in [0.2, 0.25) is 11.8 Å². The summed E-state index contributed by atoms with van der Waals surface area (Å²) in [6.45, 7) is 2.26. The highest BCUT2D eigenvalue weighted by Gasteiger charge is 2.39. The zero-order valence-electron chi connectivity index (χ0n) is 15.2. The summed E-state index contributed by atoms with van der Waals surface area (Å²) >= 11 is 5.87. The van der Waals surface area contributed by atoms with Crippen molar-refractivity contribution in [1.82, 2.24) is 9.80 Å². The van der Waals surface area contributed by atoms with E-state index < -0.39 is 5.66 Å². The number of carbonyl (C=O) groups is 2. The van der Waals surface area contributed by atoms with Crippen LogP contribution in [-0.4, -0.2) is 53.5 Å². The van der Waals surface area contributed by atoms with Gasteiger partial charge < -0.3 is 9.80 Å². The number of rotatable bonds is 7. The molecule has 3 rings (SSSR count). The molecule has 0 unspecified atom stereocenters. The number of terminal acetylenes is 1. The van der Waals surface area contributed by atoms with Gasteiger partial charge in [-0.05, 0) is 17.7 Å². The van der Waals surface area contributed by atoms with Crippen molar-refractivity contribution in [2.45, 2.75) is 37.8 Å². The van der Waals surface area contributed by atoms with Gasteiger partial charge in [0.05, 0.1) is 6.42 Å². The highest BCUT2D eigenvalue weighted by molar-refractivity contribution is 6.30. The van der Waals surface area contributed by atoms with Crippen molar-refractivity contribution in [3.8, 4) is 12.3 Å². The number of hydrogen-bond acceptors (Lipinski definition) is 4. The second kappa shape index (κ2) is 8.53. The summed E-state index contributed by atoms with van der Waals surface area (Å²) in [5.41, 5.74) is 0.524. The first kappa shape index (κ1) is 19.4. The van der Waals surface area contributed by atoms with E-state index in [1.54, 1.807) is 12.1 Å². The molecule has 1 saturated heterocycles. The summed E-state index contributed by atoms with van der Waals surface area (Å²) in [7, 11) is 0. The van der Waals surface area contributed by atoms with E-state index in [0.29, 0.717) is 63.3 Å². The van der Waals surface area contributed by atoms with Gasteiger partial charge in [-0.15, -0.1) is 12.3 Å². The fraction of sp³-hybridized carbons (Fsp3) is 0.500. The lowest BCUT2D eigenvalue weighted by Crippen LogP contribution is -2.51. The lowest BCUT2D eigenvalue weighted by molar-refractivity contribution is -0.139. The molecule has 0 bridgehead atoms. The lowest BCUT2D eigenvalue weighted by atomic mass is 10.0. The Labute approximate surface area is 164 Å². The second-order valence-corrected chi connectivity index (χ2v) is 7.39. The van der Waals surface area contributed by atoms with Crippen molar-refractivity contribution in [2.24, 2.45) is 10.2 Å². The quantitative estimate of drug-likeness (QED) is 0.676. The Bertz CT molecular complexity index is 755. The van der Waals surface area contributed by atoms with Gasteiger partial charge in [-0.25, -0.2) is 0 Å². The molecular formula is C20H23ClN4O2. The van der Waals surface area contributed by atoms with Crippen LogP contribution < -0.4 is 0 Å². The molecule has 2 amide bonds. The highest BCUT2D eigenvalue weighted by atomic mass is 35.5. The van der Waals surface area contributed by atoms with E-state index in [2.05, 4.69) is 16.1 Å². The largest absolute Gasteiger partial charge is 0.339 e. The third-order valence-electron chi connectivity index (χ3n) is 5.05. The van der Waals surface area contributed by atoms with Crippen LogP contribution in [0.4, 0.5) is 0 Å². The number of benzene rings is 1. The van der Waals surface area contributed by atoms with Crippen LogP contribution in [0.15, 0.2) is 34.5 Å². The van der Waals surface area contributed by atoms with Gasteiger partial charge in [-0.1, -0.05) is 23.7 Å². The van der Waals surface area contributed by atoms with Crippen molar-refractivity contribution in [2.75, 3.05) is 26.2 Å². The molecular weight excluding hydrogens is 364 g/mol. The number of piperazine rings is 1. The van der Waals surface area contributed by atoms with E-state index in [1.165, 1.54) is 0 Å². The van der Waals surface area contributed by atoms with Gasteiger partial charge >= 0.3 is 0 Å². The minimum absolute atomic E-state index is 0.0771. The molecule has 0 aliphatic carbocycles. The monoisotopic (exact) mass is 386 g/mol. The Kier molecular flexibility index (Phi) is 6.12. The average Bonchev–Trinajstić information content (AvgIpc) is 3.46. The van der Waals surface area contributed by atoms with Crippen molar-refractivity contribution < 1.29 is 9.59 Å². The first-order valence-electron chi connectivity index (χ1n) is 9.19. The molecule has 0 aromatic heterocycles. The van der Waals surface area contributed by atoms with Crippen LogP contribution in [0.3, 0.4) is 0 Å². The smallest absolute Gasteiger partial charge is 0.227 e. The number of carbonyl (C=O) groups excluding carboxylic acids is 2. The fourth-order valence-electron chi connectivity index (χ4n) is 3.23. The minimum Gasteiger partial charge on any atom is -0.339 e. The third-order valence-corrected chi connectivity index (χ3v) is 5.30. The molecule has 1 fully saturated rings. The van der Waals surface area contributed by atoms with Crippen LogP contribution in [-0.2, 0) is 16.0 Å². The Morgan fingerprint density at radius 3 is 2.19 bits per heavy atom. The van der Waals surface area contributed by atoms with Gasteiger partial charge in [-0.3, -0.25) is 9.59 Å². The molecule has 0 atom stereocenters. The first-order chi connectivity index (χ1) is 13.0. The Morgan fingerprint density at radius 1 is 1.04 bits per heavy atom. The standard InChI is InChI=1S/C20H23ClN4O2/c1-2-3-9-20(22-23-20)10-8-18(26)24-11-13-25(14-12-24)19(27)15-16-4-6-17(21)7-5-16/h1,4-7H,3,8-15H2. The SMILES string of the molecule is C#CCCC1(CCC(=O)N2CCN(C(=O)Cc3ccc(Cl)cc3)CC2)N=N1. The molecule has 0 saturated carbocycles. The normalized spacial score (nSPS) is 17.5. The number of nitrogens with zero attached hydrogens (tertiary/aromatic N) is 4. The van der Waals surface area contributed by atoms with Crippen LogP contribution in [0, 0.1) is 12.3 Å². The third kappa shape index (κ3) is 5.30. The fourth-order valence-corrected chi connectivity index (χ4v) is 3.35. The van der Waals surface area contributed by atoms with Gasteiger partial charge in [0.15, 0.2) is 5.66 Å². The Balaban J connectivity index is 1.40. The zero-order chi connectivity index (χ0) is 19.3. The summed E-state index contributed by atoms with van der Waals surface area (Å²) in [6, 6.07) is 7.30. The predicted molar refractivity (Wildman–Crippen MR) is 103 cm³/mol. The number of amides is 2. The van der Waals surface area contributed by atoms with Gasteiger partial charge in [-0.2, -0.15) is 10.2 Å². The molecule has 2 heterocycles. The van der Waals surface area contributed by atoms with Gasteiger partial charge in [0.1, 0.15) is 0 Å². The molecule has 27 heavy (non-hydrogen) atoms. The maximum atomic E-state index is 12.4. The molecule has 0 N–H and O–H groups in total. The lowest BCUT2D eigenvalue weighted by Gasteiger charge is -2.35. The zero-order valence-corrected chi connectivity index (χ0v) is 16.0. The van der Waals surface area contributed by atoms with Crippen LogP contribution in [0.2, 0.25) is 5.02 Å². The first-order valence-corrected chi connectivity index (χ1v) is 9.57. The molecule has 1 aromatic carbocycles. The maximum Gasteiger partial charge on any atom is 0.227 e. The second-order valence-electron chi connectivity index (χ2n) is 6.95. The summed E-state index contributed by atoms with van der Waals surface area (Å²) < 4.78 is 0. The van der Waals surface area contributed by atoms with Gasteiger partial charge in [0, 0.05) is 56.9 Å². The van der Waals surface area contributed by atoms with E-state index in [0.717, 1.165) is 5.56 Å². The Morgan fingerprint density at radius 2 is 1.63 bits per heavy atom. The molecule has 142 valence electrons. The van der Waals surface area contributed by atoms with E-state index in [-0.39, 0.29) is 11.8 Å². The summed E-state index contributed by atoms with van der Waals surface area (Å²) in [5.74, 6) is 2.76. The molecule has 1 aromatic rings.